The number of imidazole rings is 1. The highest BCUT2D eigenvalue weighted by Gasteiger charge is 2.22. The molecule has 0 aliphatic heterocycles. The first-order valence-corrected chi connectivity index (χ1v) is 9.36. The quantitative estimate of drug-likeness (QED) is 0.553. The molecule has 0 aliphatic rings. The maximum atomic E-state index is 10.6. The molecule has 0 saturated carbocycles. The van der Waals surface area contributed by atoms with Crippen LogP contribution >= 0.6 is 0 Å². The number of hydrogen-bond acceptors (Lipinski definition) is 3. The van der Waals surface area contributed by atoms with Crippen LogP contribution in [0.3, 0.4) is 0 Å². The smallest absolute Gasteiger partial charge is 0.235 e. The van der Waals surface area contributed by atoms with E-state index in [-0.39, 0.29) is 11.6 Å². The Kier molecular flexibility index (Phi) is 6.00. The van der Waals surface area contributed by atoms with Gasteiger partial charge in [-0.15, -0.1) is 0 Å². The van der Waals surface area contributed by atoms with Crippen LogP contribution in [0, 0.1) is 0 Å². The minimum atomic E-state index is -0.0269. The van der Waals surface area contributed by atoms with Crippen LogP contribution in [0.5, 0.6) is 11.6 Å². The molecule has 0 spiro atoms. The van der Waals surface area contributed by atoms with Gasteiger partial charge in [-0.25, -0.2) is 4.98 Å². The monoisotopic (exact) mass is 353 g/mol. The lowest BCUT2D eigenvalue weighted by molar-refractivity contribution is 0.367. The van der Waals surface area contributed by atoms with Gasteiger partial charge in [0, 0.05) is 31.0 Å². The second-order valence-corrected chi connectivity index (χ2v) is 6.63. The molecule has 3 aromatic rings. The van der Waals surface area contributed by atoms with Crippen molar-refractivity contribution in [2.45, 2.75) is 52.1 Å². The van der Waals surface area contributed by atoms with Crippen molar-refractivity contribution in [3.8, 4) is 22.9 Å². The summed E-state index contributed by atoms with van der Waals surface area (Å²) >= 11 is 0. The standard InChI is InChI=1S/C21H27N3O2/c1-2-3-5-11-18-19(17-9-6-4-7-10-17)24(21(26)20(18)25)14-8-13-23-15-12-22-16-23/h4,6-7,9-10,12,15-16,25-26H,2-3,5,8,11,13-14H2,1H3. The van der Waals surface area contributed by atoms with Crippen molar-refractivity contribution in [3.05, 3.63) is 54.6 Å². The zero-order valence-corrected chi connectivity index (χ0v) is 15.3. The Balaban J connectivity index is 1.89. The molecule has 1 aromatic carbocycles. The van der Waals surface area contributed by atoms with E-state index in [1.807, 2.05) is 45.7 Å². The van der Waals surface area contributed by atoms with Crippen LogP contribution in [-0.4, -0.2) is 24.3 Å². The van der Waals surface area contributed by atoms with Gasteiger partial charge in [-0.05, 0) is 24.8 Å². The van der Waals surface area contributed by atoms with Crippen LogP contribution in [-0.2, 0) is 19.5 Å². The minimum Gasteiger partial charge on any atom is -0.503 e. The fourth-order valence-electron chi connectivity index (χ4n) is 3.41. The Hall–Kier alpha value is -2.69. The summed E-state index contributed by atoms with van der Waals surface area (Å²) in [7, 11) is 0. The molecule has 26 heavy (non-hydrogen) atoms. The van der Waals surface area contributed by atoms with E-state index in [4.69, 9.17) is 0 Å². The second-order valence-electron chi connectivity index (χ2n) is 6.63. The largest absolute Gasteiger partial charge is 0.503 e. The van der Waals surface area contributed by atoms with Gasteiger partial charge in [-0.1, -0.05) is 50.1 Å². The normalized spacial score (nSPS) is 11.1. The summed E-state index contributed by atoms with van der Waals surface area (Å²) in [4.78, 5) is 4.06. The first-order valence-electron chi connectivity index (χ1n) is 9.36. The van der Waals surface area contributed by atoms with Gasteiger partial charge in [-0.2, -0.15) is 0 Å². The number of aromatic hydroxyl groups is 2. The maximum absolute atomic E-state index is 10.6. The van der Waals surface area contributed by atoms with Crippen molar-refractivity contribution in [3.63, 3.8) is 0 Å². The van der Waals surface area contributed by atoms with Gasteiger partial charge >= 0.3 is 0 Å². The molecule has 2 heterocycles. The van der Waals surface area contributed by atoms with E-state index >= 15 is 0 Å². The van der Waals surface area contributed by atoms with E-state index in [9.17, 15) is 10.2 Å². The van der Waals surface area contributed by atoms with E-state index in [2.05, 4.69) is 11.9 Å². The zero-order valence-electron chi connectivity index (χ0n) is 15.3. The summed E-state index contributed by atoms with van der Waals surface area (Å²) in [5.74, 6) is 0.00331. The highest BCUT2D eigenvalue weighted by atomic mass is 16.3. The minimum absolute atomic E-state index is 0.0269. The molecule has 0 atom stereocenters. The van der Waals surface area contributed by atoms with Crippen LogP contribution in [0.15, 0.2) is 49.1 Å². The SMILES string of the molecule is CCCCCc1c(O)c(O)n(CCCn2ccnc2)c1-c1ccccc1. The number of unbranched alkanes of at least 4 members (excludes halogenated alkanes) is 2. The third-order valence-corrected chi connectivity index (χ3v) is 4.74. The van der Waals surface area contributed by atoms with Crippen molar-refractivity contribution >= 4 is 0 Å². The number of benzene rings is 1. The average molecular weight is 353 g/mol. The number of aryl methyl sites for hydroxylation is 1. The molecule has 0 amide bonds. The molecular weight excluding hydrogens is 326 g/mol. The van der Waals surface area contributed by atoms with Crippen LogP contribution in [0.1, 0.15) is 38.2 Å². The molecule has 5 heteroatoms. The van der Waals surface area contributed by atoms with Crippen LogP contribution in [0.2, 0.25) is 0 Å². The number of aromatic nitrogens is 3. The van der Waals surface area contributed by atoms with E-state index in [0.29, 0.717) is 6.54 Å². The van der Waals surface area contributed by atoms with Crippen LogP contribution in [0.4, 0.5) is 0 Å². The fourth-order valence-corrected chi connectivity index (χ4v) is 3.41. The van der Waals surface area contributed by atoms with Crippen molar-refractivity contribution in [1.82, 2.24) is 14.1 Å². The van der Waals surface area contributed by atoms with E-state index in [0.717, 1.165) is 55.5 Å². The maximum Gasteiger partial charge on any atom is 0.235 e. The van der Waals surface area contributed by atoms with Gasteiger partial charge in [0.1, 0.15) is 0 Å². The number of hydrogen-bond donors (Lipinski definition) is 2. The van der Waals surface area contributed by atoms with Crippen LogP contribution in [0.25, 0.3) is 11.3 Å². The third kappa shape index (κ3) is 3.93. The van der Waals surface area contributed by atoms with Crippen molar-refractivity contribution in [2.75, 3.05) is 0 Å². The Morgan fingerprint density at radius 1 is 1.00 bits per heavy atom. The first-order chi connectivity index (χ1) is 12.7. The molecule has 0 saturated heterocycles. The Morgan fingerprint density at radius 3 is 2.50 bits per heavy atom. The van der Waals surface area contributed by atoms with Gasteiger partial charge in [-0.3, -0.25) is 0 Å². The van der Waals surface area contributed by atoms with Gasteiger partial charge in [0.15, 0.2) is 5.75 Å². The van der Waals surface area contributed by atoms with Gasteiger partial charge in [0.25, 0.3) is 0 Å². The molecule has 0 bridgehead atoms. The number of rotatable bonds is 9. The van der Waals surface area contributed by atoms with Gasteiger partial charge in [0.05, 0.1) is 12.0 Å². The van der Waals surface area contributed by atoms with Gasteiger partial charge < -0.3 is 19.3 Å². The fraction of sp³-hybridized carbons (Fsp3) is 0.381. The molecular formula is C21H27N3O2. The highest BCUT2D eigenvalue weighted by molar-refractivity contribution is 5.70. The van der Waals surface area contributed by atoms with Gasteiger partial charge in [0.2, 0.25) is 5.88 Å². The molecule has 0 radical (unpaired) electrons. The zero-order chi connectivity index (χ0) is 18.4. The van der Waals surface area contributed by atoms with E-state index in [1.54, 1.807) is 12.5 Å². The highest BCUT2D eigenvalue weighted by Crippen LogP contribution is 2.41. The molecule has 0 aliphatic carbocycles. The van der Waals surface area contributed by atoms with Crippen LogP contribution < -0.4 is 0 Å². The lowest BCUT2D eigenvalue weighted by atomic mass is 10.0. The summed E-state index contributed by atoms with van der Waals surface area (Å²) in [5.41, 5.74) is 2.81. The lowest BCUT2D eigenvalue weighted by Gasteiger charge is -2.12. The molecule has 138 valence electrons. The predicted molar refractivity (Wildman–Crippen MR) is 103 cm³/mol. The summed E-state index contributed by atoms with van der Waals surface area (Å²) in [6.45, 7) is 3.62. The number of nitrogens with zero attached hydrogens (tertiary/aromatic N) is 3. The molecule has 0 fully saturated rings. The molecule has 2 aromatic heterocycles. The van der Waals surface area contributed by atoms with E-state index < -0.39 is 0 Å². The van der Waals surface area contributed by atoms with Crippen molar-refractivity contribution < 1.29 is 10.2 Å². The second kappa shape index (κ2) is 8.61. The molecule has 5 nitrogen and oxygen atoms in total. The average Bonchev–Trinajstić information content (AvgIpc) is 3.26. The predicted octanol–water partition coefficient (Wildman–Crippen LogP) is 4.59. The Bertz CT molecular complexity index is 808. The molecule has 2 N–H and O–H groups in total. The van der Waals surface area contributed by atoms with Crippen molar-refractivity contribution in [2.24, 2.45) is 0 Å². The summed E-state index contributed by atoms with van der Waals surface area (Å²) < 4.78 is 3.87. The summed E-state index contributed by atoms with van der Waals surface area (Å²) in [6, 6.07) is 10.0. The Morgan fingerprint density at radius 2 is 1.81 bits per heavy atom. The van der Waals surface area contributed by atoms with Crippen molar-refractivity contribution in [1.29, 1.82) is 0 Å². The topological polar surface area (TPSA) is 63.2 Å². The molecule has 3 rings (SSSR count). The first kappa shape index (κ1) is 18.1. The Labute approximate surface area is 154 Å². The molecule has 0 unspecified atom stereocenters. The third-order valence-electron chi connectivity index (χ3n) is 4.74. The summed E-state index contributed by atoms with van der Waals surface area (Å²) in [5, 5.41) is 21.1. The lowest BCUT2D eigenvalue weighted by Crippen LogP contribution is -2.05. The van der Waals surface area contributed by atoms with E-state index in [1.165, 1.54) is 0 Å². The summed E-state index contributed by atoms with van der Waals surface area (Å²) in [6.07, 6.45) is 10.3.